The number of phenols is 1. The van der Waals surface area contributed by atoms with Gasteiger partial charge < -0.3 is 9.84 Å². The number of benzene rings is 2. The van der Waals surface area contributed by atoms with Gasteiger partial charge in [-0.15, -0.1) is 0 Å². The van der Waals surface area contributed by atoms with Crippen molar-refractivity contribution in [3.63, 3.8) is 0 Å². The monoisotopic (exact) mass is 298 g/mol. The van der Waals surface area contributed by atoms with Gasteiger partial charge in [0.2, 0.25) is 0 Å². The lowest BCUT2D eigenvalue weighted by Crippen LogP contribution is -2.17. The summed E-state index contributed by atoms with van der Waals surface area (Å²) in [6.07, 6.45) is 1.07. The van der Waals surface area contributed by atoms with Crippen LogP contribution in [-0.2, 0) is 14.3 Å². The summed E-state index contributed by atoms with van der Waals surface area (Å²) in [5.41, 5.74) is 0.351. The Bertz CT molecular complexity index is 757. The maximum absolute atomic E-state index is 12.1. The summed E-state index contributed by atoms with van der Waals surface area (Å²) in [6, 6.07) is 10.8. The molecule has 0 aliphatic heterocycles. The van der Waals surface area contributed by atoms with Crippen molar-refractivity contribution >= 4 is 28.6 Å². The van der Waals surface area contributed by atoms with E-state index in [1.165, 1.54) is 13.0 Å². The molecule has 4 nitrogen and oxygen atoms in total. The zero-order chi connectivity index (χ0) is 16.3. The molecule has 0 radical (unpaired) electrons. The third-order valence-electron chi connectivity index (χ3n) is 3.18. The van der Waals surface area contributed by atoms with Crippen molar-refractivity contribution in [2.45, 2.75) is 26.9 Å². The number of hydrogen-bond acceptors (Lipinski definition) is 4. The second-order valence-corrected chi connectivity index (χ2v) is 5.29. The number of carbonyl (C=O) groups is 2. The molecule has 0 spiro atoms. The lowest BCUT2D eigenvalue weighted by molar-refractivity contribution is -0.143. The molecule has 0 saturated heterocycles. The minimum atomic E-state index is -0.685. The lowest BCUT2D eigenvalue weighted by Gasteiger charge is -2.10. The Morgan fingerprint density at radius 3 is 2.45 bits per heavy atom. The van der Waals surface area contributed by atoms with Crippen LogP contribution in [0.1, 0.15) is 26.3 Å². The maximum Gasteiger partial charge on any atom is 0.342 e. The van der Waals surface area contributed by atoms with Crippen LogP contribution in [0.3, 0.4) is 0 Å². The molecule has 0 atom stereocenters. The highest BCUT2D eigenvalue weighted by molar-refractivity contribution is 6.20. The number of carbonyl (C=O) groups excluding carboxylic acids is 2. The van der Waals surface area contributed by atoms with Crippen molar-refractivity contribution in [2.24, 2.45) is 0 Å². The number of phenolic OH excluding ortho intramolecular Hbond substituents is 1. The summed E-state index contributed by atoms with van der Waals surface area (Å²) in [7, 11) is 0. The van der Waals surface area contributed by atoms with Crippen LogP contribution in [0.5, 0.6) is 5.75 Å². The first-order valence-electron chi connectivity index (χ1n) is 7.04. The zero-order valence-corrected chi connectivity index (χ0v) is 12.8. The van der Waals surface area contributed by atoms with Crippen LogP contribution >= 0.6 is 0 Å². The second-order valence-electron chi connectivity index (χ2n) is 5.29. The van der Waals surface area contributed by atoms with E-state index in [0.717, 1.165) is 10.8 Å². The van der Waals surface area contributed by atoms with Crippen molar-refractivity contribution in [1.82, 2.24) is 0 Å². The van der Waals surface area contributed by atoms with Crippen LogP contribution in [0.15, 0.2) is 42.0 Å². The van der Waals surface area contributed by atoms with Crippen molar-refractivity contribution in [3.8, 4) is 5.75 Å². The molecule has 0 aliphatic carbocycles. The molecular formula is C18H18O4. The molecule has 2 aromatic carbocycles. The number of esters is 1. The van der Waals surface area contributed by atoms with Gasteiger partial charge in [0.05, 0.1) is 6.10 Å². The van der Waals surface area contributed by atoms with Gasteiger partial charge in [-0.2, -0.15) is 0 Å². The number of rotatable bonds is 4. The molecule has 0 aliphatic rings. The van der Waals surface area contributed by atoms with Gasteiger partial charge in [0.15, 0.2) is 5.78 Å². The molecule has 0 bridgehead atoms. The molecule has 0 aromatic heterocycles. The van der Waals surface area contributed by atoms with Crippen molar-refractivity contribution in [3.05, 3.63) is 47.5 Å². The SMILES string of the molecule is CC(=O)/C(=C\c1c(O)ccc2ccccc12)C(=O)OC(C)C. The lowest BCUT2D eigenvalue weighted by atomic mass is 10.00. The Balaban J connectivity index is 2.60. The normalized spacial score (nSPS) is 11.7. The van der Waals surface area contributed by atoms with Gasteiger partial charge in [0.25, 0.3) is 0 Å². The molecule has 2 rings (SSSR count). The second kappa shape index (κ2) is 6.43. The van der Waals surface area contributed by atoms with Gasteiger partial charge in [-0.25, -0.2) is 4.79 Å². The molecule has 2 aromatic rings. The maximum atomic E-state index is 12.1. The summed E-state index contributed by atoms with van der Waals surface area (Å²) in [5.74, 6) is -1.08. The first-order chi connectivity index (χ1) is 10.4. The zero-order valence-electron chi connectivity index (χ0n) is 12.8. The first-order valence-corrected chi connectivity index (χ1v) is 7.04. The van der Waals surface area contributed by atoms with E-state index >= 15 is 0 Å². The van der Waals surface area contributed by atoms with Gasteiger partial charge in [0.1, 0.15) is 11.3 Å². The Labute approximate surface area is 129 Å². The molecule has 0 saturated carbocycles. The minimum Gasteiger partial charge on any atom is -0.507 e. The van der Waals surface area contributed by atoms with Crippen molar-refractivity contribution < 1.29 is 19.4 Å². The smallest absolute Gasteiger partial charge is 0.342 e. The van der Waals surface area contributed by atoms with Crippen LogP contribution in [-0.4, -0.2) is 23.0 Å². The third kappa shape index (κ3) is 3.34. The highest BCUT2D eigenvalue weighted by atomic mass is 16.5. The number of Topliss-reactive ketones (excluding diaryl/α,β-unsaturated/α-hetero) is 1. The Kier molecular flexibility index (Phi) is 4.61. The molecule has 0 heterocycles. The summed E-state index contributed by atoms with van der Waals surface area (Å²) in [4.78, 5) is 23.8. The highest BCUT2D eigenvalue weighted by Crippen LogP contribution is 2.29. The van der Waals surface area contributed by atoms with E-state index in [9.17, 15) is 14.7 Å². The molecule has 0 amide bonds. The van der Waals surface area contributed by atoms with Gasteiger partial charge >= 0.3 is 5.97 Å². The number of aromatic hydroxyl groups is 1. The van der Waals surface area contributed by atoms with Crippen LogP contribution in [0, 0.1) is 0 Å². The average molecular weight is 298 g/mol. The fourth-order valence-corrected chi connectivity index (χ4v) is 2.16. The Morgan fingerprint density at radius 1 is 1.14 bits per heavy atom. The standard InChI is InChI=1S/C18H18O4/c1-11(2)22-18(21)15(12(3)19)10-16-14-7-5-4-6-13(14)8-9-17(16)20/h4-11,20H,1-3H3/b15-10+. The molecular weight excluding hydrogens is 280 g/mol. The van der Waals surface area contributed by atoms with E-state index < -0.39 is 11.8 Å². The summed E-state index contributed by atoms with van der Waals surface area (Å²) < 4.78 is 5.09. The number of ketones is 1. The van der Waals surface area contributed by atoms with E-state index in [0.29, 0.717) is 5.56 Å². The van der Waals surface area contributed by atoms with Crippen molar-refractivity contribution in [1.29, 1.82) is 0 Å². The highest BCUT2D eigenvalue weighted by Gasteiger charge is 2.19. The Morgan fingerprint density at radius 2 is 1.82 bits per heavy atom. The van der Waals surface area contributed by atoms with Gasteiger partial charge in [-0.1, -0.05) is 30.3 Å². The van der Waals surface area contributed by atoms with Crippen molar-refractivity contribution in [2.75, 3.05) is 0 Å². The van der Waals surface area contributed by atoms with Gasteiger partial charge in [-0.05, 0) is 43.7 Å². The summed E-state index contributed by atoms with van der Waals surface area (Å²) in [6.45, 7) is 4.73. The predicted octanol–water partition coefficient (Wildman–Crippen LogP) is 3.47. The fourth-order valence-electron chi connectivity index (χ4n) is 2.16. The van der Waals surface area contributed by atoms with Crippen LogP contribution in [0.2, 0.25) is 0 Å². The van der Waals surface area contributed by atoms with E-state index in [4.69, 9.17) is 4.74 Å². The Hall–Kier alpha value is -2.62. The predicted molar refractivity (Wildman–Crippen MR) is 85.5 cm³/mol. The molecule has 4 heteroatoms. The molecule has 0 fully saturated rings. The average Bonchev–Trinajstić information content (AvgIpc) is 2.45. The molecule has 22 heavy (non-hydrogen) atoms. The van der Waals surface area contributed by atoms with E-state index in [1.807, 2.05) is 24.3 Å². The van der Waals surface area contributed by atoms with Crippen LogP contribution in [0.25, 0.3) is 16.8 Å². The fraction of sp³-hybridized carbons (Fsp3) is 0.222. The van der Waals surface area contributed by atoms with E-state index in [1.54, 1.807) is 26.0 Å². The van der Waals surface area contributed by atoms with E-state index in [2.05, 4.69) is 0 Å². The largest absolute Gasteiger partial charge is 0.507 e. The van der Waals surface area contributed by atoms with Gasteiger partial charge in [0, 0.05) is 5.56 Å². The molecule has 1 N–H and O–H groups in total. The summed E-state index contributed by atoms with van der Waals surface area (Å²) >= 11 is 0. The quantitative estimate of drug-likeness (QED) is 0.406. The van der Waals surface area contributed by atoms with Gasteiger partial charge in [-0.3, -0.25) is 4.79 Å². The molecule has 0 unspecified atom stereocenters. The number of hydrogen-bond donors (Lipinski definition) is 1. The molecule has 114 valence electrons. The minimum absolute atomic E-state index is 0.00907. The summed E-state index contributed by atoms with van der Waals surface area (Å²) in [5, 5.41) is 11.8. The van der Waals surface area contributed by atoms with E-state index in [-0.39, 0.29) is 17.4 Å². The first kappa shape index (κ1) is 15.8. The number of ether oxygens (including phenoxy) is 1. The van der Waals surface area contributed by atoms with Crippen LogP contribution < -0.4 is 0 Å². The topological polar surface area (TPSA) is 63.6 Å². The number of fused-ring (bicyclic) bond motifs is 1. The van der Waals surface area contributed by atoms with Crippen LogP contribution in [0.4, 0.5) is 0 Å². The third-order valence-corrected chi connectivity index (χ3v) is 3.18.